The molecule has 1 aliphatic heterocycles. The molecular weight excluding hydrogens is 304 g/mol. The molecule has 1 heterocycles. The molecule has 0 spiro atoms. The van der Waals surface area contributed by atoms with Crippen LogP contribution in [0.15, 0.2) is 0 Å². The van der Waals surface area contributed by atoms with Crippen LogP contribution in [0.3, 0.4) is 0 Å². The van der Waals surface area contributed by atoms with E-state index in [1.165, 1.54) is 0 Å². The largest absolute Gasteiger partial charge is 0.382 e. The Hall–Kier alpha value is 0.120. The molecule has 0 amide bonds. The molecule has 0 N–H and O–H groups in total. The van der Waals surface area contributed by atoms with Crippen molar-refractivity contribution in [2.75, 3.05) is 57.5 Å². The van der Waals surface area contributed by atoms with Gasteiger partial charge in [0.25, 0.3) is 0 Å². The van der Waals surface area contributed by atoms with Crippen LogP contribution in [0.2, 0.25) is 0 Å². The Balaban J connectivity index is 2.07. The molecule has 1 aliphatic rings. The quantitative estimate of drug-likeness (QED) is 0.423. The lowest BCUT2D eigenvalue weighted by atomic mass is 9.91. The van der Waals surface area contributed by atoms with Crippen molar-refractivity contribution in [2.45, 2.75) is 12.8 Å². The van der Waals surface area contributed by atoms with E-state index >= 15 is 0 Å². The van der Waals surface area contributed by atoms with Crippen molar-refractivity contribution in [3.05, 3.63) is 0 Å². The molecule has 0 aromatic carbocycles. The van der Waals surface area contributed by atoms with Gasteiger partial charge in [-0.05, 0) is 24.7 Å². The highest BCUT2D eigenvalue weighted by atomic mass is 35.5. The molecule has 0 aromatic heterocycles. The van der Waals surface area contributed by atoms with Crippen LogP contribution in [0.1, 0.15) is 12.8 Å². The van der Waals surface area contributed by atoms with Gasteiger partial charge in [0.05, 0.1) is 37.9 Å². The Morgan fingerprint density at radius 1 is 1.15 bits per heavy atom. The first kappa shape index (κ1) is 18.2. The van der Waals surface area contributed by atoms with Gasteiger partial charge in [-0.1, -0.05) is 0 Å². The average Bonchev–Trinajstić information content (AvgIpc) is 2.77. The first-order valence-electron chi connectivity index (χ1n) is 7.00. The Kier molecular flexibility index (Phi) is 9.04. The summed E-state index contributed by atoms with van der Waals surface area (Å²) in [4.78, 5) is 0. The molecule has 0 radical (unpaired) electrons. The summed E-state index contributed by atoms with van der Waals surface area (Å²) in [5, 5.41) is 0. The molecule has 2 unspecified atom stereocenters. The molecular formula is C13H25ClO5S. The van der Waals surface area contributed by atoms with E-state index in [0.717, 1.165) is 12.8 Å². The second kappa shape index (κ2) is 9.95. The number of sulfone groups is 1. The zero-order chi connectivity index (χ0) is 14.8. The molecule has 5 nitrogen and oxygen atoms in total. The van der Waals surface area contributed by atoms with Crippen LogP contribution in [0.25, 0.3) is 0 Å². The molecule has 1 fully saturated rings. The fraction of sp³-hybridized carbons (Fsp3) is 1.00. The van der Waals surface area contributed by atoms with Crippen LogP contribution in [0.5, 0.6) is 0 Å². The lowest BCUT2D eigenvalue weighted by molar-refractivity contribution is 0.0211. The maximum absolute atomic E-state index is 11.5. The van der Waals surface area contributed by atoms with E-state index in [4.69, 9.17) is 25.8 Å². The van der Waals surface area contributed by atoms with Crippen molar-refractivity contribution in [1.82, 2.24) is 0 Å². The topological polar surface area (TPSA) is 61.8 Å². The number of halogens is 1. The Bertz CT molecular complexity index is 347. The maximum Gasteiger partial charge on any atom is 0.150 e. The summed E-state index contributed by atoms with van der Waals surface area (Å²) in [6.45, 7) is 2.85. The first-order chi connectivity index (χ1) is 9.59. The Morgan fingerprint density at radius 2 is 1.80 bits per heavy atom. The van der Waals surface area contributed by atoms with E-state index < -0.39 is 9.84 Å². The predicted molar refractivity (Wildman–Crippen MR) is 79.1 cm³/mol. The highest BCUT2D eigenvalue weighted by molar-refractivity contribution is 7.91. The molecule has 7 heteroatoms. The summed E-state index contributed by atoms with van der Waals surface area (Å²) in [5.41, 5.74) is 0. The van der Waals surface area contributed by atoms with E-state index in [1.54, 1.807) is 7.11 Å². The van der Waals surface area contributed by atoms with Gasteiger partial charge >= 0.3 is 0 Å². The van der Waals surface area contributed by atoms with Gasteiger partial charge in [0, 0.05) is 19.6 Å². The van der Waals surface area contributed by atoms with Gasteiger partial charge in [0.15, 0.2) is 9.84 Å². The van der Waals surface area contributed by atoms with Gasteiger partial charge < -0.3 is 14.2 Å². The lowest BCUT2D eigenvalue weighted by Gasteiger charge is -2.19. The second-order valence-corrected chi connectivity index (χ2v) is 7.62. The maximum atomic E-state index is 11.5. The second-order valence-electron chi connectivity index (χ2n) is 5.08. The lowest BCUT2D eigenvalue weighted by Crippen LogP contribution is -2.20. The van der Waals surface area contributed by atoms with Crippen molar-refractivity contribution < 1.29 is 22.6 Å². The number of ether oxygens (including phenoxy) is 3. The molecule has 0 aliphatic carbocycles. The smallest absolute Gasteiger partial charge is 0.150 e. The van der Waals surface area contributed by atoms with Crippen LogP contribution < -0.4 is 0 Å². The van der Waals surface area contributed by atoms with Crippen molar-refractivity contribution in [3.8, 4) is 0 Å². The summed E-state index contributed by atoms with van der Waals surface area (Å²) >= 11 is 5.95. The van der Waals surface area contributed by atoms with Gasteiger partial charge in [-0.2, -0.15) is 0 Å². The van der Waals surface area contributed by atoms with Crippen molar-refractivity contribution in [1.29, 1.82) is 0 Å². The first-order valence-corrected chi connectivity index (χ1v) is 9.35. The Labute approximate surface area is 126 Å². The molecule has 2 atom stereocenters. The van der Waals surface area contributed by atoms with Crippen LogP contribution in [-0.4, -0.2) is 65.9 Å². The van der Waals surface area contributed by atoms with Crippen LogP contribution in [0.4, 0.5) is 0 Å². The van der Waals surface area contributed by atoms with Gasteiger partial charge in [-0.3, -0.25) is 0 Å². The zero-order valence-electron chi connectivity index (χ0n) is 12.1. The predicted octanol–water partition coefficient (Wildman–Crippen LogP) is 1.35. The van der Waals surface area contributed by atoms with E-state index in [1.807, 2.05) is 0 Å². The van der Waals surface area contributed by atoms with E-state index in [-0.39, 0.29) is 17.6 Å². The Morgan fingerprint density at radius 3 is 2.35 bits per heavy atom. The summed E-state index contributed by atoms with van der Waals surface area (Å²) in [7, 11) is -1.20. The number of methoxy groups -OCH3 is 1. The van der Waals surface area contributed by atoms with Crippen LogP contribution in [-0.2, 0) is 24.0 Å². The molecule has 20 heavy (non-hydrogen) atoms. The number of hydrogen-bond donors (Lipinski definition) is 0. The van der Waals surface area contributed by atoms with Crippen LogP contribution >= 0.6 is 11.6 Å². The molecule has 0 saturated carbocycles. The van der Waals surface area contributed by atoms with Gasteiger partial charge in [0.1, 0.15) is 0 Å². The summed E-state index contributed by atoms with van der Waals surface area (Å²) in [6.07, 6.45) is 1.54. The monoisotopic (exact) mass is 328 g/mol. The molecule has 1 saturated heterocycles. The fourth-order valence-electron chi connectivity index (χ4n) is 2.33. The highest BCUT2D eigenvalue weighted by Gasteiger charge is 2.32. The van der Waals surface area contributed by atoms with Crippen molar-refractivity contribution >= 4 is 21.4 Å². The van der Waals surface area contributed by atoms with E-state index in [2.05, 4.69) is 0 Å². The van der Waals surface area contributed by atoms with Crippen LogP contribution in [0, 0.1) is 11.8 Å². The third-order valence-electron chi connectivity index (χ3n) is 3.57. The SMILES string of the molecule is COCCOCCOCCC(CCl)C1CCS(=O)(=O)C1. The van der Waals surface area contributed by atoms with E-state index in [9.17, 15) is 8.42 Å². The zero-order valence-corrected chi connectivity index (χ0v) is 13.6. The third-order valence-corrected chi connectivity index (χ3v) is 5.76. The highest BCUT2D eigenvalue weighted by Crippen LogP contribution is 2.29. The summed E-state index contributed by atoms with van der Waals surface area (Å²) in [6, 6.07) is 0. The van der Waals surface area contributed by atoms with E-state index in [0.29, 0.717) is 44.7 Å². The molecule has 120 valence electrons. The van der Waals surface area contributed by atoms with Crippen molar-refractivity contribution in [3.63, 3.8) is 0 Å². The molecule has 1 rings (SSSR count). The normalized spacial score (nSPS) is 23.0. The fourth-order valence-corrected chi connectivity index (χ4v) is 4.66. The van der Waals surface area contributed by atoms with Gasteiger partial charge in [0.2, 0.25) is 0 Å². The van der Waals surface area contributed by atoms with Gasteiger partial charge in [-0.15, -0.1) is 11.6 Å². The summed E-state index contributed by atoms with van der Waals surface area (Å²) in [5.74, 6) is 1.50. The van der Waals surface area contributed by atoms with Gasteiger partial charge in [-0.25, -0.2) is 8.42 Å². The molecule has 0 aromatic rings. The minimum atomic E-state index is -2.83. The number of hydrogen-bond acceptors (Lipinski definition) is 5. The van der Waals surface area contributed by atoms with Crippen molar-refractivity contribution in [2.24, 2.45) is 11.8 Å². The summed E-state index contributed by atoms with van der Waals surface area (Å²) < 4.78 is 38.5. The molecule has 0 bridgehead atoms. The minimum Gasteiger partial charge on any atom is -0.382 e. The third kappa shape index (κ3) is 7.22. The number of alkyl halides is 1. The average molecular weight is 329 g/mol. The standard InChI is InChI=1S/C13H25ClO5S/c1-17-5-6-19-8-7-18-4-2-12(10-14)13-3-9-20(15,16)11-13/h12-13H,2-11H2,1H3. The number of rotatable bonds is 11. The minimum absolute atomic E-state index is 0.194.